The lowest BCUT2D eigenvalue weighted by molar-refractivity contribution is -0.976. The summed E-state index contributed by atoms with van der Waals surface area (Å²) in [6.45, 7) is 10.2. The zero-order chi connectivity index (χ0) is 10.5. The van der Waals surface area contributed by atoms with Gasteiger partial charge in [-0.15, -0.1) is 0 Å². The molecule has 4 fully saturated rings. The molecule has 0 radical (unpaired) electrons. The molecule has 0 unspecified atom stereocenters. The molecule has 0 aromatic heterocycles. The van der Waals surface area contributed by atoms with Crippen molar-refractivity contribution in [1.82, 2.24) is 14.7 Å². The van der Waals surface area contributed by atoms with Crippen LogP contribution in [0, 0.1) is 0 Å². The predicted molar refractivity (Wildman–Crippen MR) is 59.5 cm³/mol. The highest BCUT2D eigenvalue weighted by molar-refractivity contribution is 6.25. The minimum atomic E-state index is 0. The molecule has 0 aliphatic carbocycles. The highest BCUT2D eigenvalue weighted by atomic mass is 35.5. The van der Waals surface area contributed by atoms with E-state index >= 15 is 0 Å². The number of nitrogens with zero attached hydrogens (tertiary/aromatic N) is 4. The Kier molecular flexibility index (Phi) is 3.50. The van der Waals surface area contributed by atoms with Gasteiger partial charge < -0.3 is 12.4 Å². The minimum Gasteiger partial charge on any atom is -1.00 e. The van der Waals surface area contributed by atoms with Gasteiger partial charge in [0, 0.05) is 5.54 Å². The van der Waals surface area contributed by atoms with E-state index in [1.807, 2.05) is 0 Å². The van der Waals surface area contributed by atoms with Crippen molar-refractivity contribution in [2.45, 2.75) is 6.92 Å². The Morgan fingerprint density at radius 2 is 1.56 bits per heavy atom. The molecule has 4 saturated heterocycles. The second-order valence-electron chi connectivity index (χ2n) is 5.32. The first kappa shape index (κ1) is 12.6. The second kappa shape index (κ2) is 4.44. The molecule has 4 bridgehead atoms. The molecule has 0 aromatic rings. The number of hydrogen-bond donors (Lipinski definition) is 0. The van der Waals surface area contributed by atoms with Crippen LogP contribution in [0.1, 0.15) is 6.92 Å². The quantitative estimate of drug-likeness (QED) is 0.517. The van der Waals surface area contributed by atoms with Crippen molar-refractivity contribution in [2.75, 3.05) is 46.6 Å². The lowest BCUT2D eigenvalue weighted by Crippen LogP contribution is -3.00. The maximum atomic E-state index is 5.78. The van der Waals surface area contributed by atoms with Crippen molar-refractivity contribution >= 4 is 11.6 Å². The van der Waals surface area contributed by atoms with Crippen LogP contribution >= 0.6 is 11.6 Å². The molecule has 4 nitrogen and oxygen atoms in total. The summed E-state index contributed by atoms with van der Waals surface area (Å²) < 4.78 is 1.15. The number of quaternary nitrogens is 1. The Hall–Kier alpha value is 0.160. The Balaban J connectivity index is 0.000000963. The monoisotopic (exact) mass is 264 g/mol. The third-order valence-electron chi connectivity index (χ3n) is 3.47. The first-order chi connectivity index (χ1) is 7.19. The third kappa shape index (κ3) is 2.10. The van der Waals surface area contributed by atoms with Crippen molar-refractivity contribution in [1.29, 1.82) is 0 Å². The van der Waals surface area contributed by atoms with Gasteiger partial charge in [-0.1, -0.05) is 11.6 Å². The van der Waals surface area contributed by atoms with E-state index in [0.717, 1.165) is 31.0 Å². The summed E-state index contributed by atoms with van der Waals surface area (Å²) in [5, 5.41) is 0. The van der Waals surface area contributed by atoms with Crippen LogP contribution in [0.5, 0.6) is 0 Å². The van der Waals surface area contributed by atoms with Crippen LogP contribution in [0.15, 0.2) is 11.1 Å². The topological polar surface area (TPSA) is 9.72 Å². The Morgan fingerprint density at radius 3 is 1.94 bits per heavy atom. The van der Waals surface area contributed by atoms with Gasteiger partial charge in [-0.3, -0.25) is 4.48 Å². The Labute approximate surface area is 108 Å². The van der Waals surface area contributed by atoms with Gasteiger partial charge >= 0.3 is 0 Å². The standard InChI is InChI=1S/C10H18ClN4.ClH/c1-10(2-11)3-15-7-12-4-13(8-15)6-14(5-12)9-15;/h2H,3-9H2,1H3;1H/q+1;/p-1/b10-2+;. The minimum absolute atomic E-state index is 0. The van der Waals surface area contributed by atoms with Gasteiger partial charge in [-0.2, -0.15) is 0 Å². The first-order valence-corrected chi connectivity index (χ1v) is 5.91. The summed E-state index contributed by atoms with van der Waals surface area (Å²) in [6.07, 6.45) is 0. The molecule has 4 heterocycles. The number of rotatable bonds is 2. The number of hydrogen-bond acceptors (Lipinski definition) is 3. The highest BCUT2D eigenvalue weighted by Crippen LogP contribution is 2.29. The second-order valence-corrected chi connectivity index (χ2v) is 5.53. The molecule has 16 heavy (non-hydrogen) atoms. The van der Waals surface area contributed by atoms with Crippen molar-refractivity contribution in [2.24, 2.45) is 0 Å². The van der Waals surface area contributed by atoms with Gasteiger partial charge in [0.25, 0.3) is 0 Å². The molecule has 0 atom stereocenters. The molecule has 6 heteroatoms. The average molecular weight is 265 g/mol. The molecule has 0 N–H and O–H groups in total. The summed E-state index contributed by atoms with van der Waals surface area (Å²) in [7, 11) is 0. The molecule has 0 spiro atoms. The number of halogens is 2. The van der Waals surface area contributed by atoms with Crippen LogP contribution in [0.25, 0.3) is 0 Å². The molecular formula is C10H18Cl2N4. The zero-order valence-electron chi connectivity index (χ0n) is 9.57. The maximum Gasteiger partial charge on any atom is 0.139 e. The Bertz CT molecular complexity index is 270. The third-order valence-corrected chi connectivity index (χ3v) is 3.84. The van der Waals surface area contributed by atoms with E-state index in [-0.39, 0.29) is 12.4 Å². The van der Waals surface area contributed by atoms with E-state index in [4.69, 9.17) is 11.6 Å². The molecule has 92 valence electrons. The van der Waals surface area contributed by atoms with Crippen molar-refractivity contribution in [3.8, 4) is 0 Å². The van der Waals surface area contributed by atoms with Crippen LogP contribution in [0.3, 0.4) is 0 Å². The summed E-state index contributed by atoms with van der Waals surface area (Å²) in [4.78, 5) is 7.58. The van der Waals surface area contributed by atoms with E-state index in [2.05, 4.69) is 21.6 Å². The van der Waals surface area contributed by atoms with Gasteiger partial charge in [0.2, 0.25) is 0 Å². The zero-order valence-corrected chi connectivity index (χ0v) is 11.1. The fraction of sp³-hybridized carbons (Fsp3) is 0.800. The lowest BCUT2D eigenvalue weighted by atomic mass is 10.2. The maximum absolute atomic E-state index is 5.78. The molecule has 0 aromatic carbocycles. The molecule has 4 rings (SSSR count). The van der Waals surface area contributed by atoms with Crippen LogP contribution in [-0.2, 0) is 0 Å². The van der Waals surface area contributed by atoms with Gasteiger partial charge in [0.1, 0.15) is 26.6 Å². The van der Waals surface area contributed by atoms with E-state index in [0.29, 0.717) is 0 Å². The fourth-order valence-electron chi connectivity index (χ4n) is 3.37. The van der Waals surface area contributed by atoms with Crippen LogP contribution in [-0.4, -0.2) is 65.7 Å². The van der Waals surface area contributed by atoms with Crippen molar-refractivity contribution in [3.05, 3.63) is 11.1 Å². The van der Waals surface area contributed by atoms with E-state index < -0.39 is 0 Å². The lowest BCUT2D eigenvalue weighted by Gasteiger charge is -2.60. The smallest absolute Gasteiger partial charge is 0.139 e. The SMILES string of the molecule is C/C(=C\Cl)C[N+]12CN3CN(CN(C3)C1)C2.[Cl-]. The summed E-state index contributed by atoms with van der Waals surface area (Å²) in [5.41, 5.74) is 3.03. The van der Waals surface area contributed by atoms with E-state index in [9.17, 15) is 0 Å². The van der Waals surface area contributed by atoms with Gasteiger partial charge in [0.05, 0.1) is 20.0 Å². The molecule has 0 saturated carbocycles. The Morgan fingerprint density at radius 1 is 1.12 bits per heavy atom. The average Bonchev–Trinajstić information content (AvgIpc) is 2.14. The molecule has 4 aliphatic rings. The van der Waals surface area contributed by atoms with Gasteiger partial charge in [0.15, 0.2) is 0 Å². The van der Waals surface area contributed by atoms with E-state index in [1.54, 1.807) is 5.54 Å². The van der Waals surface area contributed by atoms with Crippen LogP contribution in [0.2, 0.25) is 0 Å². The van der Waals surface area contributed by atoms with Gasteiger partial charge in [-0.25, -0.2) is 14.7 Å². The van der Waals surface area contributed by atoms with E-state index in [1.165, 1.54) is 25.6 Å². The summed E-state index contributed by atoms with van der Waals surface area (Å²) >= 11 is 5.78. The van der Waals surface area contributed by atoms with Crippen LogP contribution in [0.4, 0.5) is 0 Å². The van der Waals surface area contributed by atoms with Crippen LogP contribution < -0.4 is 12.4 Å². The molecular weight excluding hydrogens is 247 g/mol. The van der Waals surface area contributed by atoms with Crippen molar-refractivity contribution < 1.29 is 16.9 Å². The normalized spacial score (nSPS) is 45.6. The van der Waals surface area contributed by atoms with Gasteiger partial charge in [-0.05, 0) is 12.5 Å². The largest absolute Gasteiger partial charge is 1.00 e. The molecule has 0 amide bonds. The summed E-state index contributed by atoms with van der Waals surface area (Å²) in [5.74, 6) is 0. The predicted octanol–water partition coefficient (Wildman–Crippen LogP) is -2.36. The molecule has 4 aliphatic heterocycles. The van der Waals surface area contributed by atoms with Crippen molar-refractivity contribution in [3.63, 3.8) is 0 Å². The summed E-state index contributed by atoms with van der Waals surface area (Å²) in [6, 6.07) is 0. The first-order valence-electron chi connectivity index (χ1n) is 5.47. The highest BCUT2D eigenvalue weighted by Gasteiger charge is 2.48. The fourth-order valence-corrected chi connectivity index (χ4v) is 3.44.